The van der Waals surface area contributed by atoms with E-state index in [4.69, 9.17) is 4.74 Å². The number of aryl methyl sites for hydroxylation is 2. The standard InChI is InChI=1S/C31H45N3O4S/c1-10-31(7,8)34(28(36)25(19-20-39-9)33-29(37)38-30(4,5)6)26(23-17-15-21(2)16-18-23)27(35)32-24-14-12-11-13-22(24)3/h11-18,25-26H,10,19-20H2,1-9H3,(H,32,35)(H,33,37). The van der Waals surface area contributed by atoms with Crippen LogP contribution in [0.4, 0.5) is 10.5 Å². The molecule has 0 fully saturated rings. The van der Waals surface area contributed by atoms with Crippen molar-refractivity contribution in [1.82, 2.24) is 10.2 Å². The Hall–Kier alpha value is -3.00. The molecule has 2 aromatic carbocycles. The molecule has 0 saturated carbocycles. The Bertz CT molecular complexity index is 1130. The number of ether oxygens (including phenoxy) is 1. The summed E-state index contributed by atoms with van der Waals surface area (Å²) in [7, 11) is 0. The molecule has 2 unspecified atom stereocenters. The molecule has 0 aliphatic rings. The van der Waals surface area contributed by atoms with E-state index in [1.54, 1.807) is 37.4 Å². The van der Waals surface area contributed by atoms with Gasteiger partial charge < -0.3 is 20.3 Å². The Morgan fingerprint density at radius 2 is 1.59 bits per heavy atom. The highest BCUT2D eigenvalue weighted by Gasteiger charge is 2.43. The Morgan fingerprint density at radius 3 is 2.13 bits per heavy atom. The smallest absolute Gasteiger partial charge is 0.408 e. The second kappa shape index (κ2) is 13.9. The molecule has 7 nitrogen and oxygen atoms in total. The van der Waals surface area contributed by atoms with Crippen molar-refractivity contribution < 1.29 is 19.1 Å². The lowest BCUT2D eigenvalue weighted by molar-refractivity contribution is -0.147. The fraction of sp³-hybridized carbons (Fsp3) is 0.516. The number of carbonyl (C=O) groups is 3. The van der Waals surface area contributed by atoms with Gasteiger partial charge >= 0.3 is 6.09 Å². The van der Waals surface area contributed by atoms with E-state index < -0.39 is 29.3 Å². The minimum Gasteiger partial charge on any atom is -0.444 e. The molecule has 0 aromatic heterocycles. The van der Waals surface area contributed by atoms with Crippen LogP contribution in [0.3, 0.4) is 0 Å². The van der Waals surface area contributed by atoms with E-state index in [-0.39, 0.29) is 11.8 Å². The van der Waals surface area contributed by atoms with Gasteiger partial charge in [0.1, 0.15) is 17.7 Å². The lowest BCUT2D eigenvalue weighted by Crippen LogP contribution is -2.59. The van der Waals surface area contributed by atoms with E-state index in [0.29, 0.717) is 29.8 Å². The lowest BCUT2D eigenvalue weighted by Gasteiger charge is -2.44. The van der Waals surface area contributed by atoms with Crippen LogP contribution < -0.4 is 10.6 Å². The quantitative estimate of drug-likeness (QED) is 0.324. The van der Waals surface area contributed by atoms with Crippen LogP contribution in [0.25, 0.3) is 0 Å². The molecule has 8 heteroatoms. The molecule has 2 N–H and O–H groups in total. The molecule has 0 radical (unpaired) electrons. The second-order valence-electron chi connectivity index (χ2n) is 11.5. The van der Waals surface area contributed by atoms with Gasteiger partial charge in [-0.15, -0.1) is 0 Å². The summed E-state index contributed by atoms with van der Waals surface area (Å²) in [5, 5.41) is 5.86. The Balaban J connectivity index is 2.62. The third kappa shape index (κ3) is 9.31. The van der Waals surface area contributed by atoms with E-state index in [2.05, 4.69) is 10.6 Å². The summed E-state index contributed by atoms with van der Waals surface area (Å²) >= 11 is 1.59. The van der Waals surface area contributed by atoms with Crippen molar-refractivity contribution in [1.29, 1.82) is 0 Å². The average molecular weight is 556 g/mol. The number of benzene rings is 2. The van der Waals surface area contributed by atoms with Crippen molar-refractivity contribution in [3.8, 4) is 0 Å². The number of amides is 3. The van der Waals surface area contributed by atoms with Crippen LogP contribution in [0, 0.1) is 13.8 Å². The normalized spacial score (nSPS) is 13.3. The number of anilines is 1. The van der Waals surface area contributed by atoms with Crippen LogP contribution in [-0.4, -0.2) is 52.0 Å². The highest BCUT2D eigenvalue weighted by molar-refractivity contribution is 7.98. The first-order chi connectivity index (χ1) is 18.2. The van der Waals surface area contributed by atoms with Crippen LogP contribution in [0.5, 0.6) is 0 Å². The number of nitrogens with one attached hydrogen (secondary N) is 2. The molecule has 0 saturated heterocycles. The zero-order chi connectivity index (χ0) is 29.4. The summed E-state index contributed by atoms with van der Waals surface area (Å²) < 4.78 is 5.48. The first-order valence-corrected chi connectivity index (χ1v) is 14.8. The third-order valence-electron chi connectivity index (χ3n) is 6.66. The second-order valence-corrected chi connectivity index (χ2v) is 12.5. The first-order valence-electron chi connectivity index (χ1n) is 13.4. The van der Waals surface area contributed by atoms with Crippen LogP contribution in [0.15, 0.2) is 48.5 Å². The van der Waals surface area contributed by atoms with Crippen LogP contribution in [0.1, 0.15) is 77.1 Å². The van der Waals surface area contributed by atoms with Crippen molar-refractivity contribution in [3.05, 3.63) is 65.2 Å². The van der Waals surface area contributed by atoms with E-state index >= 15 is 0 Å². The summed E-state index contributed by atoms with van der Waals surface area (Å²) in [6.07, 6.45) is 2.29. The summed E-state index contributed by atoms with van der Waals surface area (Å²) in [5.74, 6) is 0.00758. The van der Waals surface area contributed by atoms with Gasteiger partial charge in [-0.1, -0.05) is 55.0 Å². The molecule has 2 rings (SSSR count). The molecule has 0 aliphatic heterocycles. The van der Waals surface area contributed by atoms with Crippen molar-refractivity contribution in [2.45, 2.75) is 91.5 Å². The van der Waals surface area contributed by atoms with Gasteiger partial charge in [-0.2, -0.15) is 11.8 Å². The number of carbonyl (C=O) groups excluding carboxylic acids is 3. The first kappa shape index (κ1) is 32.2. The number of hydrogen-bond donors (Lipinski definition) is 2. The van der Waals surface area contributed by atoms with Crippen molar-refractivity contribution >= 4 is 35.4 Å². The number of para-hydroxylation sites is 1. The van der Waals surface area contributed by atoms with Gasteiger partial charge in [-0.05, 0) is 90.5 Å². The number of nitrogens with zero attached hydrogens (tertiary/aromatic N) is 1. The predicted molar refractivity (Wildman–Crippen MR) is 161 cm³/mol. The molecule has 0 heterocycles. The molecule has 0 aliphatic carbocycles. The van der Waals surface area contributed by atoms with Crippen LogP contribution in [0.2, 0.25) is 0 Å². The van der Waals surface area contributed by atoms with E-state index in [0.717, 1.165) is 11.1 Å². The molecule has 2 aromatic rings. The average Bonchev–Trinajstić information content (AvgIpc) is 2.85. The molecule has 39 heavy (non-hydrogen) atoms. The maximum atomic E-state index is 14.4. The number of hydrogen-bond acceptors (Lipinski definition) is 5. The fourth-order valence-corrected chi connectivity index (χ4v) is 4.61. The van der Waals surface area contributed by atoms with E-state index in [9.17, 15) is 14.4 Å². The maximum Gasteiger partial charge on any atom is 0.408 e. The molecular formula is C31H45N3O4S. The number of thioether (sulfide) groups is 1. The summed E-state index contributed by atoms with van der Waals surface area (Å²) in [6, 6.07) is 13.4. The van der Waals surface area contributed by atoms with Crippen molar-refractivity contribution in [3.63, 3.8) is 0 Å². The van der Waals surface area contributed by atoms with Gasteiger partial charge in [-0.3, -0.25) is 9.59 Å². The summed E-state index contributed by atoms with van der Waals surface area (Å²) in [6.45, 7) is 15.1. The third-order valence-corrected chi connectivity index (χ3v) is 7.30. The van der Waals surface area contributed by atoms with Gasteiger partial charge in [0.15, 0.2) is 0 Å². The Kier molecular flexibility index (Phi) is 11.5. The largest absolute Gasteiger partial charge is 0.444 e. The summed E-state index contributed by atoms with van der Waals surface area (Å²) in [4.78, 5) is 42.9. The minimum atomic E-state index is -0.926. The Labute approximate surface area is 238 Å². The zero-order valence-corrected chi connectivity index (χ0v) is 25.7. The van der Waals surface area contributed by atoms with Gasteiger partial charge in [-0.25, -0.2) is 4.79 Å². The van der Waals surface area contributed by atoms with Crippen LogP contribution >= 0.6 is 11.8 Å². The van der Waals surface area contributed by atoms with Gasteiger partial charge in [0, 0.05) is 11.2 Å². The topological polar surface area (TPSA) is 87.7 Å². The molecule has 0 spiro atoms. The van der Waals surface area contributed by atoms with E-state index in [1.807, 2.05) is 89.4 Å². The van der Waals surface area contributed by atoms with E-state index in [1.165, 1.54) is 0 Å². The maximum absolute atomic E-state index is 14.4. The molecule has 3 amide bonds. The van der Waals surface area contributed by atoms with Gasteiger partial charge in [0.05, 0.1) is 0 Å². The highest BCUT2D eigenvalue weighted by atomic mass is 32.2. The van der Waals surface area contributed by atoms with Gasteiger partial charge in [0.25, 0.3) is 5.91 Å². The molecule has 2 atom stereocenters. The van der Waals surface area contributed by atoms with Crippen molar-refractivity contribution in [2.24, 2.45) is 0 Å². The van der Waals surface area contributed by atoms with Gasteiger partial charge in [0.2, 0.25) is 5.91 Å². The lowest BCUT2D eigenvalue weighted by atomic mass is 9.91. The minimum absolute atomic E-state index is 0.316. The SMILES string of the molecule is CCC(C)(C)N(C(=O)C(CCSC)NC(=O)OC(C)(C)C)C(C(=O)Nc1ccccc1C)c1ccc(C)cc1. The number of rotatable bonds is 11. The molecule has 214 valence electrons. The zero-order valence-electron chi connectivity index (χ0n) is 24.9. The van der Waals surface area contributed by atoms with Crippen LogP contribution in [-0.2, 0) is 14.3 Å². The summed E-state index contributed by atoms with van der Waals surface area (Å²) in [5.41, 5.74) is 1.94. The predicted octanol–water partition coefficient (Wildman–Crippen LogP) is 6.65. The molecule has 0 bridgehead atoms. The monoisotopic (exact) mass is 555 g/mol. The fourth-order valence-electron chi connectivity index (χ4n) is 4.14. The van der Waals surface area contributed by atoms with Crippen molar-refractivity contribution in [2.75, 3.05) is 17.3 Å². The Morgan fingerprint density at radius 1 is 0.974 bits per heavy atom. The molecular weight excluding hydrogens is 510 g/mol. The number of alkyl carbamates (subject to hydrolysis) is 1. The highest BCUT2D eigenvalue weighted by Crippen LogP contribution is 2.34.